The molecule has 1 N–H and O–H groups in total. The van der Waals surface area contributed by atoms with E-state index in [9.17, 15) is 4.79 Å². The van der Waals surface area contributed by atoms with Gasteiger partial charge in [-0.15, -0.1) is 0 Å². The molecule has 0 heterocycles. The number of hydrogen-bond acceptors (Lipinski definition) is 3. The summed E-state index contributed by atoms with van der Waals surface area (Å²) in [4.78, 5) is 15.2. The van der Waals surface area contributed by atoms with Crippen molar-refractivity contribution < 1.29 is 9.53 Å². The minimum Gasteiger partial charge on any atom is -0.497 e. The number of hydrogen-bond donors (Lipinski definition) is 1. The van der Waals surface area contributed by atoms with E-state index in [1.54, 1.807) is 7.11 Å². The van der Waals surface area contributed by atoms with Gasteiger partial charge in [0.25, 0.3) is 5.91 Å². The first kappa shape index (κ1) is 36.5. The zero-order valence-electron chi connectivity index (χ0n) is 27.0. The van der Waals surface area contributed by atoms with Crippen LogP contribution >= 0.6 is 0 Å². The van der Waals surface area contributed by atoms with Crippen LogP contribution in [0.5, 0.6) is 5.75 Å². The van der Waals surface area contributed by atoms with E-state index in [2.05, 4.69) is 24.1 Å². The Morgan fingerprint density at radius 3 is 1.32 bits per heavy atom. The molecule has 4 nitrogen and oxygen atoms in total. The highest BCUT2D eigenvalue weighted by Gasteiger charge is 2.08. The molecule has 232 valence electrons. The summed E-state index contributed by atoms with van der Waals surface area (Å²) in [5, 5.41) is 3.13. The zero-order valence-corrected chi connectivity index (χ0v) is 27.0. The molecule has 0 atom stereocenters. The van der Waals surface area contributed by atoms with E-state index in [0.29, 0.717) is 12.1 Å². The van der Waals surface area contributed by atoms with Gasteiger partial charge in [0.1, 0.15) is 5.75 Å². The third-order valence-electron chi connectivity index (χ3n) is 8.22. The monoisotopic (exact) mass is 559 g/mol. The minimum absolute atomic E-state index is 0.00647. The van der Waals surface area contributed by atoms with Gasteiger partial charge in [-0.1, -0.05) is 142 Å². The SMILES string of the molecule is CCCCCCCCCCCCCN(CCCCCCCCCCCCC)CCNC(=O)c1ccc(OC)cc1. The molecule has 0 unspecified atom stereocenters. The van der Waals surface area contributed by atoms with E-state index < -0.39 is 0 Å². The number of ether oxygens (including phenoxy) is 1. The second-order valence-electron chi connectivity index (χ2n) is 11.9. The van der Waals surface area contributed by atoms with E-state index in [1.165, 1.54) is 141 Å². The highest BCUT2D eigenvalue weighted by molar-refractivity contribution is 5.94. The standard InChI is InChI=1S/C36H66N2O2/c1-4-6-8-10-12-14-16-18-20-22-24-31-38(32-25-23-21-19-17-15-13-11-9-7-5-2)33-30-37-36(39)34-26-28-35(40-3)29-27-34/h26-29H,4-25,30-33H2,1-3H3,(H,37,39). The fourth-order valence-electron chi connectivity index (χ4n) is 5.51. The van der Waals surface area contributed by atoms with Crippen LogP contribution in [-0.4, -0.2) is 44.1 Å². The number of carbonyl (C=O) groups excluding carboxylic acids is 1. The maximum Gasteiger partial charge on any atom is 0.251 e. The van der Waals surface area contributed by atoms with Gasteiger partial charge in [0.05, 0.1) is 7.11 Å². The van der Waals surface area contributed by atoms with E-state index >= 15 is 0 Å². The zero-order chi connectivity index (χ0) is 28.9. The summed E-state index contributed by atoms with van der Waals surface area (Å²) >= 11 is 0. The predicted molar refractivity (Wildman–Crippen MR) is 175 cm³/mol. The summed E-state index contributed by atoms with van der Waals surface area (Å²) in [6.07, 6.45) is 30.4. The first-order chi connectivity index (χ1) is 19.7. The topological polar surface area (TPSA) is 41.6 Å². The quantitative estimate of drug-likeness (QED) is 0.0994. The Labute approximate surface area is 249 Å². The molecule has 0 spiro atoms. The van der Waals surface area contributed by atoms with Gasteiger partial charge in [-0.25, -0.2) is 0 Å². The van der Waals surface area contributed by atoms with Gasteiger partial charge in [0, 0.05) is 18.7 Å². The van der Waals surface area contributed by atoms with Gasteiger partial charge < -0.3 is 15.0 Å². The number of nitrogens with zero attached hydrogens (tertiary/aromatic N) is 1. The van der Waals surface area contributed by atoms with Crippen LogP contribution in [0.3, 0.4) is 0 Å². The van der Waals surface area contributed by atoms with E-state index in [1.807, 2.05) is 24.3 Å². The van der Waals surface area contributed by atoms with Gasteiger partial charge in [0.15, 0.2) is 0 Å². The van der Waals surface area contributed by atoms with Crippen LogP contribution in [-0.2, 0) is 0 Å². The molecular formula is C36H66N2O2. The van der Waals surface area contributed by atoms with Crippen LogP contribution in [0.2, 0.25) is 0 Å². The van der Waals surface area contributed by atoms with Crippen molar-refractivity contribution in [3.8, 4) is 5.75 Å². The Morgan fingerprint density at radius 2 is 0.950 bits per heavy atom. The molecule has 0 saturated heterocycles. The van der Waals surface area contributed by atoms with Gasteiger partial charge in [-0.05, 0) is 50.2 Å². The maximum absolute atomic E-state index is 12.6. The Balaban J connectivity index is 2.24. The van der Waals surface area contributed by atoms with Crippen LogP contribution in [0.4, 0.5) is 0 Å². The van der Waals surface area contributed by atoms with Crippen molar-refractivity contribution in [3.05, 3.63) is 29.8 Å². The molecule has 0 fully saturated rings. The minimum atomic E-state index is 0.00647. The molecule has 0 aliphatic carbocycles. The third-order valence-corrected chi connectivity index (χ3v) is 8.22. The van der Waals surface area contributed by atoms with Crippen LogP contribution in [0.1, 0.15) is 165 Å². The van der Waals surface area contributed by atoms with Crippen LogP contribution in [0.15, 0.2) is 24.3 Å². The van der Waals surface area contributed by atoms with E-state index in [4.69, 9.17) is 4.74 Å². The molecule has 0 aliphatic heterocycles. The summed E-state index contributed by atoms with van der Waals surface area (Å²) in [5.41, 5.74) is 0.697. The average Bonchev–Trinajstić information content (AvgIpc) is 2.98. The summed E-state index contributed by atoms with van der Waals surface area (Å²) in [5.74, 6) is 0.786. The lowest BCUT2D eigenvalue weighted by atomic mass is 10.1. The lowest BCUT2D eigenvalue weighted by Gasteiger charge is -2.22. The molecule has 1 amide bonds. The lowest BCUT2D eigenvalue weighted by molar-refractivity contribution is 0.0948. The smallest absolute Gasteiger partial charge is 0.251 e. The fraction of sp³-hybridized carbons (Fsp3) is 0.806. The largest absolute Gasteiger partial charge is 0.497 e. The predicted octanol–water partition coefficient (Wildman–Crippen LogP) is 10.3. The number of nitrogens with one attached hydrogen (secondary N) is 1. The first-order valence-electron chi connectivity index (χ1n) is 17.4. The van der Waals surface area contributed by atoms with Gasteiger partial charge in [-0.2, -0.15) is 0 Å². The van der Waals surface area contributed by atoms with Crippen LogP contribution in [0.25, 0.3) is 0 Å². The van der Waals surface area contributed by atoms with Crippen molar-refractivity contribution in [3.63, 3.8) is 0 Å². The second-order valence-corrected chi connectivity index (χ2v) is 11.9. The Bertz CT molecular complexity index is 650. The van der Waals surface area contributed by atoms with E-state index in [0.717, 1.165) is 25.4 Å². The van der Waals surface area contributed by atoms with Crippen LogP contribution in [0, 0.1) is 0 Å². The van der Waals surface area contributed by atoms with Crippen molar-refractivity contribution in [2.75, 3.05) is 33.3 Å². The molecule has 0 aliphatic rings. The summed E-state index contributed by atoms with van der Waals surface area (Å²) in [6.45, 7) is 8.55. The molecule has 0 bridgehead atoms. The first-order valence-corrected chi connectivity index (χ1v) is 17.4. The molecule has 0 saturated carbocycles. The molecule has 4 heteroatoms. The molecule has 0 radical (unpaired) electrons. The summed E-state index contributed by atoms with van der Waals surface area (Å²) in [7, 11) is 1.65. The average molecular weight is 559 g/mol. The van der Waals surface area contributed by atoms with Crippen molar-refractivity contribution in [2.45, 2.75) is 155 Å². The number of carbonyl (C=O) groups is 1. The van der Waals surface area contributed by atoms with E-state index in [-0.39, 0.29) is 5.91 Å². The van der Waals surface area contributed by atoms with Crippen LogP contribution < -0.4 is 10.1 Å². The maximum atomic E-state index is 12.6. The fourth-order valence-corrected chi connectivity index (χ4v) is 5.51. The Hall–Kier alpha value is -1.55. The second kappa shape index (κ2) is 27.6. The summed E-state index contributed by atoms with van der Waals surface area (Å²) < 4.78 is 5.21. The Kier molecular flexibility index (Phi) is 25.2. The molecule has 40 heavy (non-hydrogen) atoms. The number of amides is 1. The van der Waals surface area contributed by atoms with Crippen molar-refractivity contribution in [1.82, 2.24) is 10.2 Å². The molecule has 1 rings (SSSR count). The third kappa shape index (κ3) is 21.2. The summed E-state index contributed by atoms with van der Waals surface area (Å²) in [6, 6.07) is 7.37. The highest BCUT2D eigenvalue weighted by atomic mass is 16.5. The van der Waals surface area contributed by atoms with Gasteiger partial charge >= 0.3 is 0 Å². The number of benzene rings is 1. The number of unbranched alkanes of at least 4 members (excludes halogenated alkanes) is 20. The molecule has 1 aromatic rings. The molecule has 0 aromatic heterocycles. The van der Waals surface area contributed by atoms with Crippen molar-refractivity contribution in [1.29, 1.82) is 0 Å². The lowest BCUT2D eigenvalue weighted by Crippen LogP contribution is -2.36. The van der Waals surface area contributed by atoms with Gasteiger partial charge in [0.2, 0.25) is 0 Å². The normalized spacial score (nSPS) is 11.3. The molecule has 1 aromatic carbocycles. The number of methoxy groups -OCH3 is 1. The number of rotatable bonds is 29. The molecular weight excluding hydrogens is 492 g/mol. The van der Waals surface area contributed by atoms with Crippen molar-refractivity contribution >= 4 is 5.91 Å². The van der Waals surface area contributed by atoms with Gasteiger partial charge in [-0.3, -0.25) is 4.79 Å². The highest BCUT2D eigenvalue weighted by Crippen LogP contribution is 2.14. The Morgan fingerprint density at radius 1 is 0.575 bits per heavy atom. The van der Waals surface area contributed by atoms with Crippen molar-refractivity contribution in [2.24, 2.45) is 0 Å².